The van der Waals surface area contributed by atoms with Crippen LogP contribution in [0.15, 0.2) is 89.8 Å². The van der Waals surface area contributed by atoms with Gasteiger partial charge >= 0.3 is 5.97 Å². The van der Waals surface area contributed by atoms with Gasteiger partial charge in [-0.25, -0.2) is 4.39 Å². The highest BCUT2D eigenvalue weighted by Gasteiger charge is 2.24. The van der Waals surface area contributed by atoms with Gasteiger partial charge < -0.3 is 10.1 Å². The van der Waals surface area contributed by atoms with Gasteiger partial charge in [-0.1, -0.05) is 60.7 Å². The lowest BCUT2D eigenvalue weighted by Crippen LogP contribution is -2.29. The predicted molar refractivity (Wildman–Crippen MR) is 111 cm³/mol. The van der Waals surface area contributed by atoms with E-state index >= 15 is 0 Å². The molecule has 1 N–H and O–H groups in total. The lowest BCUT2D eigenvalue weighted by Gasteiger charge is -2.16. The van der Waals surface area contributed by atoms with Crippen LogP contribution in [0.5, 0.6) is 0 Å². The first-order valence-electron chi connectivity index (χ1n) is 9.06. The summed E-state index contributed by atoms with van der Waals surface area (Å²) >= 11 is 1.37. The molecule has 0 spiro atoms. The van der Waals surface area contributed by atoms with Crippen LogP contribution >= 0.6 is 11.8 Å². The molecule has 1 atom stereocenters. The molecule has 29 heavy (non-hydrogen) atoms. The molecule has 0 unspecified atom stereocenters. The topological polar surface area (TPSA) is 55.4 Å². The Labute approximate surface area is 173 Å². The van der Waals surface area contributed by atoms with Crippen molar-refractivity contribution in [2.45, 2.75) is 16.7 Å². The van der Waals surface area contributed by atoms with Crippen LogP contribution in [0, 0.1) is 5.82 Å². The molecule has 0 saturated heterocycles. The summed E-state index contributed by atoms with van der Waals surface area (Å²) in [7, 11) is 0. The van der Waals surface area contributed by atoms with Crippen molar-refractivity contribution in [2.24, 2.45) is 0 Å². The molecular weight excluding hydrogens is 389 g/mol. The number of hydrogen-bond acceptors (Lipinski definition) is 4. The number of carbonyl (C=O) groups is 2. The Balaban J connectivity index is 1.57. The lowest BCUT2D eigenvalue weighted by atomic mass is 10.1. The Bertz CT molecular complexity index is 933. The fourth-order valence-corrected chi connectivity index (χ4v) is 3.63. The zero-order valence-electron chi connectivity index (χ0n) is 15.6. The largest absolute Gasteiger partial charge is 0.454 e. The summed E-state index contributed by atoms with van der Waals surface area (Å²) in [5, 5.41) is 2.08. The first kappa shape index (κ1) is 20.6. The summed E-state index contributed by atoms with van der Waals surface area (Å²) in [6, 6.07) is 24.7. The molecule has 0 bridgehead atoms. The molecule has 6 heteroatoms. The van der Waals surface area contributed by atoms with Crippen LogP contribution in [0.2, 0.25) is 0 Å². The quantitative estimate of drug-likeness (QED) is 0.439. The van der Waals surface area contributed by atoms with E-state index in [4.69, 9.17) is 4.74 Å². The minimum atomic E-state index is -0.580. The molecular formula is C23H20FNO3S. The van der Waals surface area contributed by atoms with Gasteiger partial charge in [-0.2, -0.15) is 0 Å². The Kier molecular flexibility index (Phi) is 7.41. The van der Waals surface area contributed by atoms with E-state index in [2.05, 4.69) is 5.32 Å². The van der Waals surface area contributed by atoms with Gasteiger partial charge in [-0.05, 0) is 35.4 Å². The molecule has 0 aliphatic rings. The van der Waals surface area contributed by atoms with Crippen molar-refractivity contribution < 1.29 is 18.7 Å². The third-order valence-corrected chi connectivity index (χ3v) is 5.31. The van der Waals surface area contributed by atoms with E-state index in [-0.39, 0.29) is 19.0 Å². The molecule has 0 aliphatic carbocycles. The van der Waals surface area contributed by atoms with E-state index in [9.17, 15) is 14.0 Å². The predicted octanol–water partition coefficient (Wildman–Crippen LogP) is 4.52. The highest BCUT2D eigenvalue weighted by Crippen LogP contribution is 2.36. The number of esters is 1. The van der Waals surface area contributed by atoms with E-state index in [1.165, 1.54) is 23.9 Å². The number of benzene rings is 3. The number of thioether (sulfide) groups is 1. The fourth-order valence-electron chi connectivity index (χ4n) is 2.58. The van der Waals surface area contributed by atoms with Crippen LogP contribution in [0.4, 0.5) is 4.39 Å². The average molecular weight is 409 g/mol. The molecule has 3 aromatic rings. The maximum Gasteiger partial charge on any atom is 0.324 e. The number of amides is 1. The van der Waals surface area contributed by atoms with Crippen molar-refractivity contribution in [3.63, 3.8) is 0 Å². The normalized spacial score (nSPS) is 11.5. The Morgan fingerprint density at radius 3 is 2.17 bits per heavy atom. The maximum atomic E-state index is 12.9. The summed E-state index contributed by atoms with van der Waals surface area (Å²) in [6.45, 7) is -0.143. The molecule has 0 heterocycles. The first-order valence-corrected chi connectivity index (χ1v) is 9.94. The second-order valence-electron chi connectivity index (χ2n) is 6.23. The minimum Gasteiger partial charge on any atom is -0.454 e. The van der Waals surface area contributed by atoms with Gasteiger partial charge in [0.2, 0.25) is 0 Å². The average Bonchev–Trinajstić information content (AvgIpc) is 2.76. The van der Waals surface area contributed by atoms with E-state index in [1.807, 2.05) is 60.7 Å². The molecule has 0 aliphatic heterocycles. The van der Waals surface area contributed by atoms with Crippen LogP contribution in [0.1, 0.15) is 16.4 Å². The van der Waals surface area contributed by atoms with Crippen molar-refractivity contribution in [2.75, 3.05) is 6.61 Å². The standard InChI is InChI=1S/C23H20FNO3S/c24-19-13-11-17(12-14-19)15-25-21(26)16-28-23(27)22(18-7-3-1-4-8-18)29-20-9-5-2-6-10-20/h1-14,22H,15-16H2,(H,25,26)/t22-/m1/s1. The third kappa shape index (κ3) is 6.47. The Morgan fingerprint density at radius 1 is 0.897 bits per heavy atom. The van der Waals surface area contributed by atoms with Gasteiger partial charge in [0.1, 0.15) is 11.1 Å². The number of halogens is 1. The zero-order valence-corrected chi connectivity index (χ0v) is 16.4. The van der Waals surface area contributed by atoms with E-state index in [1.54, 1.807) is 12.1 Å². The van der Waals surface area contributed by atoms with Crippen LogP contribution in [-0.2, 0) is 20.9 Å². The van der Waals surface area contributed by atoms with Gasteiger partial charge in [0.25, 0.3) is 5.91 Å². The minimum absolute atomic E-state index is 0.234. The molecule has 3 rings (SSSR count). The van der Waals surface area contributed by atoms with Crippen LogP contribution in [0.25, 0.3) is 0 Å². The molecule has 0 saturated carbocycles. The van der Waals surface area contributed by atoms with Gasteiger partial charge in [-0.3, -0.25) is 9.59 Å². The number of rotatable bonds is 8. The van der Waals surface area contributed by atoms with E-state index in [0.29, 0.717) is 0 Å². The first-order chi connectivity index (χ1) is 14.1. The van der Waals surface area contributed by atoms with Gasteiger partial charge in [0.05, 0.1) is 0 Å². The molecule has 3 aromatic carbocycles. The van der Waals surface area contributed by atoms with Crippen LogP contribution in [0.3, 0.4) is 0 Å². The highest BCUT2D eigenvalue weighted by molar-refractivity contribution is 8.00. The number of ether oxygens (including phenoxy) is 1. The van der Waals surface area contributed by atoms with Crippen LogP contribution in [-0.4, -0.2) is 18.5 Å². The van der Waals surface area contributed by atoms with Gasteiger partial charge in [0, 0.05) is 11.4 Å². The van der Waals surface area contributed by atoms with E-state index < -0.39 is 17.1 Å². The maximum absolute atomic E-state index is 12.9. The summed E-state index contributed by atoms with van der Waals surface area (Å²) < 4.78 is 18.2. The molecule has 0 aromatic heterocycles. The van der Waals surface area contributed by atoms with Crippen molar-refractivity contribution >= 4 is 23.6 Å². The summed E-state index contributed by atoms with van der Waals surface area (Å²) in [5.41, 5.74) is 1.56. The zero-order chi connectivity index (χ0) is 20.5. The van der Waals surface area contributed by atoms with Gasteiger partial charge in [-0.15, -0.1) is 11.8 Å². The van der Waals surface area contributed by atoms with Crippen molar-refractivity contribution in [1.82, 2.24) is 5.32 Å². The van der Waals surface area contributed by atoms with Crippen molar-refractivity contribution in [3.8, 4) is 0 Å². The lowest BCUT2D eigenvalue weighted by molar-refractivity contribution is -0.148. The Hall–Kier alpha value is -3.12. The third-order valence-electron chi connectivity index (χ3n) is 4.06. The van der Waals surface area contributed by atoms with E-state index in [0.717, 1.165) is 16.0 Å². The van der Waals surface area contributed by atoms with Crippen molar-refractivity contribution in [1.29, 1.82) is 0 Å². The smallest absolute Gasteiger partial charge is 0.324 e. The SMILES string of the molecule is O=C(COC(=O)[C@H](Sc1ccccc1)c1ccccc1)NCc1ccc(F)cc1. The molecule has 148 valence electrons. The fraction of sp³-hybridized carbons (Fsp3) is 0.130. The number of hydrogen-bond donors (Lipinski definition) is 1. The Morgan fingerprint density at radius 2 is 1.52 bits per heavy atom. The molecule has 0 fully saturated rings. The monoisotopic (exact) mass is 409 g/mol. The molecule has 1 amide bonds. The summed E-state index contributed by atoms with van der Waals surface area (Å²) in [6.07, 6.45) is 0. The molecule has 0 radical (unpaired) electrons. The number of carbonyl (C=O) groups excluding carboxylic acids is 2. The van der Waals surface area contributed by atoms with Gasteiger partial charge in [0.15, 0.2) is 6.61 Å². The highest BCUT2D eigenvalue weighted by atomic mass is 32.2. The molecule has 4 nitrogen and oxygen atoms in total. The number of nitrogens with one attached hydrogen (secondary N) is 1. The second-order valence-corrected chi connectivity index (χ2v) is 7.41. The van der Waals surface area contributed by atoms with Crippen molar-refractivity contribution in [3.05, 3.63) is 102 Å². The summed E-state index contributed by atoms with van der Waals surface area (Å²) in [5.74, 6) is -1.24. The van der Waals surface area contributed by atoms with Crippen LogP contribution < -0.4 is 5.32 Å². The summed E-state index contributed by atoms with van der Waals surface area (Å²) in [4.78, 5) is 25.7. The second kappa shape index (κ2) is 10.4.